The predicted molar refractivity (Wildman–Crippen MR) is 125 cm³/mol. The molecular weight excluding hydrogens is 450 g/mol. The molecule has 0 bridgehead atoms. The standard InChI is InChI=1S/C23H18ClN3O4S/c1-15-25-21-14-17(9-12-22(21)31-15)26-23(28)13-8-16-6-10-18(11-7-16)32(29,30)27-20-5-3-2-4-19(20)24/h2-14,27H,1H3,(H,26,28)/b13-8+. The number of oxazole rings is 1. The summed E-state index contributed by atoms with van der Waals surface area (Å²) < 4.78 is 33.0. The second kappa shape index (κ2) is 8.86. The van der Waals surface area contributed by atoms with E-state index in [9.17, 15) is 13.2 Å². The summed E-state index contributed by atoms with van der Waals surface area (Å²) in [6.07, 6.45) is 2.95. The summed E-state index contributed by atoms with van der Waals surface area (Å²) in [5.41, 5.74) is 2.86. The van der Waals surface area contributed by atoms with Gasteiger partial charge in [0.15, 0.2) is 11.5 Å². The average Bonchev–Trinajstić information content (AvgIpc) is 3.13. The van der Waals surface area contributed by atoms with Crippen LogP contribution in [-0.2, 0) is 14.8 Å². The maximum absolute atomic E-state index is 12.6. The summed E-state index contributed by atoms with van der Waals surface area (Å²) in [5, 5.41) is 3.06. The molecule has 0 saturated heterocycles. The Morgan fingerprint density at radius 2 is 1.81 bits per heavy atom. The minimum atomic E-state index is -3.79. The van der Waals surface area contributed by atoms with E-state index >= 15 is 0 Å². The van der Waals surface area contributed by atoms with Crippen LogP contribution in [0, 0.1) is 6.92 Å². The topological polar surface area (TPSA) is 101 Å². The van der Waals surface area contributed by atoms with Gasteiger partial charge in [-0.15, -0.1) is 0 Å². The van der Waals surface area contributed by atoms with Crippen molar-refractivity contribution in [3.8, 4) is 0 Å². The Bertz CT molecular complexity index is 1430. The van der Waals surface area contributed by atoms with Gasteiger partial charge in [-0.05, 0) is 54.1 Å². The predicted octanol–water partition coefficient (Wildman–Crippen LogP) is 5.24. The second-order valence-corrected chi connectivity index (χ2v) is 8.98. The number of benzene rings is 3. The van der Waals surface area contributed by atoms with Gasteiger partial charge in [-0.2, -0.15) is 0 Å². The molecule has 1 heterocycles. The fraction of sp³-hybridized carbons (Fsp3) is 0.0435. The lowest BCUT2D eigenvalue weighted by Gasteiger charge is -2.09. The van der Waals surface area contributed by atoms with Gasteiger partial charge in [-0.25, -0.2) is 13.4 Å². The minimum Gasteiger partial charge on any atom is -0.441 e. The van der Waals surface area contributed by atoms with Crippen LogP contribution in [0.5, 0.6) is 0 Å². The lowest BCUT2D eigenvalue weighted by Crippen LogP contribution is -2.13. The Morgan fingerprint density at radius 3 is 2.56 bits per heavy atom. The molecule has 9 heteroatoms. The Labute approximate surface area is 189 Å². The largest absolute Gasteiger partial charge is 0.441 e. The molecule has 3 aromatic carbocycles. The van der Waals surface area contributed by atoms with E-state index in [1.165, 1.54) is 18.2 Å². The zero-order valence-corrected chi connectivity index (χ0v) is 18.4. The zero-order valence-electron chi connectivity index (χ0n) is 16.9. The molecule has 0 spiro atoms. The first kappa shape index (κ1) is 21.6. The first-order chi connectivity index (χ1) is 15.3. The van der Waals surface area contributed by atoms with Gasteiger partial charge >= 0.3 is 0 Å². The first-order valence-corrected chi connectivity index (χ1v) is 11.4. The van der Waals surface area contributed by atoms with Gasteiger partial charge in [0, 0.05) is 18.7 Å². The first-order valence-electron chi connectivity index (χ1n) is 9.54. The van der Waals surface area contributed by atoms with Crippen molar-refractivity contribution in [2.45, 2.75) is 11.8 Å². The van der Waals surface area contributed by atoms with Crippen LogP contribution >= 0.6 is 11.6 Å². The van der Waals surface area contributed by atoms with Crippen LogP contribution in [0.25, 0.3) is 17.2 Å². The number of nitrogens with zero attached hydrogens (tertiary/aromatic N) is 1. The molecule has 162 valence electrons. The molecule has 0 saturated carbocycles. The van der Waals surface area contributed by atoms with E-state index in [2.05, 4.69) is 15.0 Å². The van der Waals surface area contributed by atoms with E-state index in [4.69, 9.17) is 16.0 Å². The maximum Gasteiger partial charge on any atom is 0.261 e. The van der Waals surface area contributed by atoms with E-state index in [-0.39, 0.29) is 10.8 Å². The van der Waals surface area contributed by atoms with E-state index in [0.29, 0.717) is 39.0 Å². The molecule has 0 radical (unpaired) electrons. The molecule has 32 heavy (non-hydrogen) atoms. The summed E-state index contributed by atoms with van der Waals surface area (Å²) in [5.74, 6) is 0.220. The number of para-hydroxylation sites is 1. The van der Waals surface area contributed by atoms with Crippen LogP contribution in [0.2, 0.25) is 5.02 Å². The van der Waals surface area contributed by atoms with Gasteiger partial charge in [0.1, 0.15) is 5.52 Å². The number of sulfonamides is 1. The van der Waals surface area contributed by atoms with E-state index in [1.807, 2.05) is 0 Å². The number of anilines is 2. The maximum atomic E-state index is 12.6. The van der Waals surface area contributed by atoms with Crippen molar-refractivity contribution in [3.63, 3.8) is 0 Å². The van der Waals surface area contributed by atoms with Crippen molar-refractivity contribution >= 4 is 56.1 Å². The summed E-state index contributed by atoms with van der Waals surface area (Å²) in [6, 6.07) is 17.9. The van der Waals surface area contributed by atoms with E-state index in [0.717, 1.165) is 0 Å². The molecule has 4 rings (SSSR count). The average molecular weight is 468 g/mol. The van der Waals surface area contributed by atoms with Gasteiger partial charge in [0.2, 0.25) is 5.91 Å². The SMILES string of the molecule is Cc1nc2cc(NC(=O)/C=C/c3ccc(S(=O)(=O)Nc4ccccc4Cl)cc3)ccc2o1. The Balaban J connectivity index is 1.42. The number of carbonyl (C=O) groups excluding carboxylic acids is 1. The van der Waals surface area contributed by atoms with Crippen LogP contribution in [-0.4, -0.2) is 19.3 Å². The van der Waals surface area contributed by atoms with Gasteiger partial charge < -0.3 is 9.73 Å². The molecule has 4 aromatic rings. The number of carbonyl (C=O) groups is 1. The highest BCUT2D eigenvalue weighted by Gasteiger charge is 2.15. The lowest BCUT2D eigenvalue weighted by molar-refractivity contribution is -0.111. The van der Waals surface area contributed by atoms with Crippen molar-refractivity contribution in [3.05, 3.63) is 89.3 Å². The third-order valence-electron chi connectivity index (χ3n) is 4.50. The van der Waals surface area contributed by atoms with Crippen molar-refractivity contribution in [2.24, 2.45) is 0 Å². The molecule has 0 aliphatic rings. The zero-order chi connectivity index (χ0) is 22.7. The molecule has 0 atom stereocenters. The molecular formula is C23H18ClN3O4S. The number of nitrogens with one attached hydrogen (secondary N) is 2. The molecule has 0 aliphatic heterocycles. The van der Waals surface area contributed by atoms with Crippen molar-refractivity contribution in [2.75, 3.05) is 10.0 Å². The number of hydrogen-bond acceptors (Lipinski definition) is 5. The fourth-order valence-electron chi connectivity index (χ4n) is 2.98. The molecule has 0 fully saturated rings. The monoisotopic (exact) mass is 467 g/mol. The van der Waals surface area contributed by atoms with Crippen molar-refractivity contribution in [1.29, 1.82) is 0 Å². The van der Waals surface area contributed by atoms with Gasteiger partial charge in [0.05, 0.1) is 15.6 Å². The third-order valence-corrected chi connectivity index (χ3v) is 6.21. The number of aromatic nitrogens is 1. The fourth-order valence-corrected chi connectivity index (χ4v) is 4.30. The molecule has 1 aromatic heterocycles. The van der Waals surface area contributed by atoms with Crippen LogP contribution in [0.15, 0.2) is 82.1 Å². The third kappa shape index (κ3) is 4.99. The Morgan fingerprint density at radius 1 is 1.06 bits per heavy atom. The molecule has 0 aliphatic carbocycles. The van der Waals surface area contributed by atoms with E-state index < -0.39 is 10.0 Å². The van der Waals surface area contributed by atoms with Crippen LogP contribution in [0.3, 0.4) is 0 Å². The van der Waals surface area contributed by atoms with Gasteiger partial charge in [0.25, 0.3) is 10.0 Å². The summed E-state index contributed by atoms with van der Waals surface area (Å²) in [7, 11) is -3.79. The Kier molecular flexibility index (Phi) is 5.98. The molecule has 1 amide bonds. The van der Waals surface area contributed by atoms with Crippen molar-refractivity contribution < 1.29 is 17.6 Å². The number of fused-ring (bicyclic) bond motifs is 1. The lowest BCUT2D eigenvalue weighted by atomic mass is 10.2. The number of halogens is 1. The number of aryl methyl sites for hydroxylation is 1. The second-order valence-electron chi connectivity index (χ2n) is 6.89. The number of amides is 1. The smallest absolute Gasteiger partial charge is 0.261 e. The highest BCUT2D eigenvalue weighted by molar-refractivity contribution is 7.92. The molecule has 2 N–H and O–H groups in total. The Hall–Kier alpha value is -3.62. The molecule has 0 unspecified atom stereocenters. The van der Waals surface area contributed by atoms with Gasteiger partial charge in [-0.3, -0.25) is 9.52 Å². The quantitative estimate of drug-likeness (QED) is 0.377. The van der Waals surface area contributed by atoms with E-state index in [1.54, 1.807) is 67.6 Å². The van der Waals surface area contributed by atoms with Gasteiger partial charge in [-0.1, -0.05) is 35.9 Å². The normalized spacial score (nSPS) is 11.7. The minimum absolute atomic E-state index is 0.0789. The number of rotatable bonds is 6. The van der Waals surface area contributed by atoms with Crippen LogP contribution in [0.1, 0.15) is 11.5 Å². The van der Waals surface area contributed by atoms with Crippen molar-refractivity contribution in [1.82, 2.24) is 4.98 Å². The molecule has 7 nitrogen and oxygen atoms in total. The summed E-state index contributed by atoms with van der Waals surface area (Å²) in [4.78, 5) is 16.5. The van der Waals surface area contributed by atoms with Crippen LogP contribution < -0.4 is 10.0 Å². The summed E-state index contributed by atoms with van der Waals surface area (Å²) in [6.45, 7) is 1.75. The highest BCUT2D eigenvalue weighted by Crippen LogP contribution is 2.24. The summed E-state index contributed by atoms with van der Waals surface area (Å²) >= 11 is 6.02. The highest BCUT2D eigenvalue weighted by atomic mass is 35.5. The van der Waals surface area contributed by atoms with Crippen LogP contribution in [0.4, 0.5) is 11.4 Å². The number of hydrogen-bond donors (Lipinski definition) is 2.